The number of rotatable bonds is 5. The molecule has 0 amide bonds. The highest BCUT2D eigenvalue weighted by atomic mass is 19.1. The van der Waals surface area contributed by atoms with Gasteiger partial charge in [-0.1, -0.05) is 13.8 Å². The molecule has 1 unspecified atom stereocenters. The number of hydrogen-bond donors (Lipinski definition) is 2. The molecule has 1 aliphatic rings. The molecule has 2 N–H and O–H groups in total. The van der Waals surface area contributed by atoms with Gasteiger partial charge >= 0.3 is 0 Å². The Morgan fingerprint density at radius 1 is 1.29 bits per heavy atom. The van der Waals surface area contributed by atoms with E-state index in [1.54, 1.807) is 6.07 Å². The second-order valence-corrected chi connectivity index (χ2v) is 6.37. The zero-order valence-corrected chi connectivity index (χ0v) is 13.3. The predicted octanol–water partition coefficient (Wildman–Crippen LogP) is 2.92. The first-order valence-corrected chi connectivity index (χ1v) is 7.92. The molecule has 0 aromatic heterocycles. The van der Waals surface area contributed by atoms with E-state index >= 15 is 0 Å². The van der Waals surface area contributed by atoms with Crippen molar-refractivity contribution >= 4 is 5.69 Å². The van der Waals surface area contributed by atoms with E-state index in [-0.39, 0.29) is 11.9 Å². The molecule has 1 aromatic carbocycles. The van der Waals surface area contributed by atoms with Crippen molar-refractivity contribution in [1.82, 2.24) is 5.32 Å². The smallest absolute Gasteiger partial charge is 0.123 e. The molecule has 0 aliphatic carbocycles. The van der Waals surface area contributed by atoms with E-state index in [1.165, 1.54) is 6.07 Å². The zero-order chi connectivity index (χ0) is 15.4. The lowest BCUT2D eigenvalue weighted by atomic mass is 9.91. The van der Waals surface area contributed by atoms with E-state index < -0.39 is 0 Å². The fraction of sp³-hybridized carbons (Fsp3) is 0.647. The summed E-state index contributed by atoms with van der Waals surface area (Å²) in [4.78, 5) is 2.32. The summed E-state index contributed by atoms with van der Waals surface area (Å²) in [5.74, 6) is 0.206. The van der Waals surface area contributed by atoms with Crippen molar-refractivity contribution in [3.05, 3.63) is 29.6 Å². The number of nitrogens with one attached hydrogen (secondary N) is 1. The van der Waals surface area contributed by atoms with Crippen LogP contribution in [0.25, 0.3) is 0 Å². The maximum Gasteiger partial charge on any atom is 0.123 e. The minimum atomic E-state index is -0.234. The highest BCUT2D eigenvalue weighted by Gasteiger charge is 2.24. The van der Waals surface area contributed by atoms with E-state index in [1.807, 2.05) is 13.0 Å². The Labute approximate surface area is 127 Å². The van der Waals surface area contributed by atoms with E-state index in [2.05, 4.69) is 24.1 Å². The Hall–Kier alpha value is -1.13. The molecule has 4 heteroatoms. The molecule has 1 saturated heterocycles. The van der Waals surface area contributed by atoms with Crippen molar-refractivity contribution in [3.8, 4) is 0 Å². The summed E-state index contributed by atoms with van der Waals surface area (Å²) in [6.07, 6.45) is 1.75. The van der Waals surface area contributed by atoms with Gasteiger partial charge in [-0.05, 0) is 49.4 Å². The van der Waals surface area contributed by atoms with Gasteiger partial charge in [0.25, 0.3) is 0 Å². The molecule has 0 radical (unpaired) electrons. The third-order valence-corrected chi connectivity index (χ3v) is 4.30. The Morgan fingerprint density at radius 3 is 2.52 bits per heavy atom. The average Bonchev–Trinajstić information content (AvgIpc) is 2.45. The Bertz CT molecular complexity index is 454. The van der Waals surface area contributed by atoms with Gasteiger partial charge in [0.2, 0.25) is 0 Å². The number of hydrogen-bond acceptors (Lipinski definition) is 3. The van der Waals surface area contributed by atoms with Crippen molar-refractivity contribution in [2.45, 2.75) is 52.3 Å². The maximum absolute atomic E-state index is 13.5. The largest absolute Gasteiger partial charge is 0.393 e. The van der Waals surface area contributed by atoms with Crippen LogP contribution in [-0.4, -0.2) is 30.3 Å². The van der Waals surface area contributed by atoms with Gasteiger partial charge in [-0.3, -0.25) is 0 Å². The first-order chi connectivity index (χ1) is 9.97. The standard InChI is InChI=1S/C17H27FN2O/c1-12(2)19-11-15-10-16(18)4-5-17(15)20-8-6-14(7-9-20)13(3)21/h4-5,10,12-14,19,21H,6-9,11H2,1-3H3. The quantitative estimate of drug-likeness (QED) is 0.876. The van der Waals surface area contributed by atoms with E-state index in [0.717, 1.165) is 37.2 Å². The molecule has 1 aromatic rings. The van der Waals surface area contributed by atoms with Gasteiger partial charge in [0.05, 0.1) is 6.10 Å². The fourth-order valence-corrected chi connectivity index (χ4v) is 2.94. The van der Waals surface area contributed by atoms with Crippen molar-refractivity contribution in [1.29, 1.82) is 0 Å². The van der Waals surface area contributed by atoms with Crippen LogP contribution in [0.15, 0.2) is 18.2 Å². The predicted molar refractivity (Wildman–Crippen MR) is 85.0 cm³/mol. The van der Waals surface area contributed by atoms with Crippen LogP contribution >= 0.6 is 0 Å². The fourth-order valence-electron chi connectivity index (χ4n) is 2.94. The van der Waals surface area contributed by atoms with E-state index in [0.29, 0.717) is 18.5 Å². The number of anilines is 1. The first-order valence-electron chi connectivity index (χ1n) is 7.92. The molecule has 3 nitrogen and oxygen atoms in total. The van der Waals surface area contributed by atoms with Crippen LogP contribution in [0.2, 0.25) is 0 Å². The van der Waals surface area contributed by atoms with Gasteiger partial charge in [-0.15, -0.1) is 0 Å². The Balaban J connectivity index is 2.08. The molecular weight excluding hydrogens is 267 g/mol. The lowest BCUT2D eigenvalue weighted by molar-refractivity contribution is 0.110. The third kappa shape index (κ3) is 4.42. The lowest BCUT2D eigenvalue weighted by Gasteiger charge is -2.36. The lowest BCUT2D eigenvalue weighted by Crippen LogP contribution is -2.37. The molecule has 1 fully saturated rings. The highest BCUT2D eigenvalue weighted by molar-refractivity contribution is 5.54. The molecule has 2 rings (SSSR count). The number of benzene rings is 1. The van der Waals surface area contributed by atoms with Crippen molar-refractivity contribution in [2.24, 2.45) is 5.92 Å². The second kappa shape index (κ2) is 7.23. The number of aliphatic hydroxyl groups is 1. The van der Waals surface area contributed by atoms with Crippen LogP contribution < -0.4 is 10.2 Å². The summed E-state index contributed by atoms with van der Waals surface area (Å²) in [5.41, 5.74) is 2.13. The molecule has 1 aliphatic heterocycles. The monoisotopic (exact) mass is 294 g/mol. The number of halogens is 1. The molecule has 0 bridgehead atoms. The SMILES string of the molecule is CC(C)NCc1cc(F)ccc1N1CCC(C(C)O)CC1. The van der Waals surface area contributed by atoms with Crippen molar-refractivity contribution in [2.75, 3.05) is 18.0 Å². The molecule has 0 spiro atoms. The Morgan fingerprint density at radius 2 is 1.95 bits per heavy atom. The van der Waals surface area contributed by atoms with Gasteiger partial charge in [0, 0.05) is 31.4 Å². The van der Waals surface area contributed by atoms with Gasteiger partial charge in [0.1, 0.15) is 5.82 Å². The summed E-state index contributed by atoms with van der Waals surface area (Å²) < 4.78 is 13.5. The molecule has 0 saturated carbocycles. The highest BCUT2D eigenvalue weighted by Crippen LogP contribution is 2.28. The van der Waals surface area contributed by atoms with Gasteiger partial charge in [0.15, 0.2) is 0 Å². The zero-order valence-electron chi connectivity index (χ0n) is 13.3. The Kier molecular flexibility index (Phi) is 5.59. The van der Waals surface area contributed by atoms with E-state index in [9.17, 15) is 9.50 Å². The summed E-state index contributed by atoms with van der Waals surface area (Å²) in [6.45, 7) is 8.59. The average molecular weight is 294 g/mol. The summed E-state index contributed by atoms with van der Waals surface area (Å²) in [6, 6.07) is 5.43. The van der Waals surface area contributed by atoms with Crippen molar-refractivity contribution in [3.63, 3.8) is 0 Å². The van der Waals surface area contributed by atoms with Gasteiger partial charge in [-0.25, -0.2) is 4.39 Å². The molecule has 1 atom stereocenters. The van der Waals surface area contributed by atoms with Crippen LogP contribution in [0.5, 0.6) is 0 Å². The van der Waals surface area contributed by atoms with Gasteiger partial charge < -0.3 is 15.3 Å². The number of nitrogens with zero attached hydrogens (tertiary/aromatic N) is 1. The van der Waals surface area contributed by atoms with Crippen molar-refractivity contribution < 1.29 is 9.50 Å². The molecular formula is C17H27FN2O. The number of piperidine rings is 1. The minimum Gasteiger partial charge on any atom is -0.393 e. The van der Waals surface area contributed by atoms with Crippen LogP contribution in [0.3, 0.4) is 0 Å². The number of aliphatic hydroxyl groups excluding tert-OH is 1. The minimum absolute atomic E-state index is 0.182. The van der Waals surface area contributed by atoms with E-state index in [4.69, 9.17) is 0 Å². The van der Waals surface area contributed by atoms with Crippen LogP contribution in [-0.2, 0) is 6.54 Å². The molecule has 21 heavy (non-hydrogen) atoms. The summed E-state index contributed by atoms with van der Waals surface area (Å²) in [5, 5.41) is 13.1. The van der Waals surface area contributed by atoms with Crippen LogP contribution in [0, 0.1) is 11.7 Å². The normalized spacial score (nSPS) is 18.3. The summed E-state index contributed by atoms with van der Waals surface area (Å²) >= 11 is 0. The third-order valence-electron chi connectivity index (χ3n) is 4.30. The molecule has 1 heterocycles. The molecule has 118 valence electrons. The topological polar surface area (TPSA) is 35.5 Å². The first kappa shape index (κ1) is 16.2. The van der Waals surface area contributed by atoms with Crippen LogP contribution in [0.1, 0.15) is 39.2 Å². The second-order valence-electron chi connectivity index (χ2n) is 6.37. The van der Waals surface area contributed by atoms with Gasteiger partial charge in [-0.2, -0.15) is 0 Å². The summed E-state index contributed by atoms with van der Waals surface area (Å²) in [7, 11) is 0. The van der Waals surface area contributed by atoms with Crippen LogP contribution in [0.4, 0.5) is 10.1 Å². The maximum atomic E-state index is 13.5.